The average Bonchev–Trinajstić information content (AvgIpc) is 1.90. The molecule has 0 atom stereocenters. The zero-order valence-corrected chi connectivity index (χ0v) is 7.59. The third-order valence-electron chi connectivity index (χ3n) is 1.18. The number of halogens is 1. The molecule has 0 saturated carbocycles. The van der Waals surface area contributed by atoms with Crippen molar-refractivity contribution in [3.63, 3.8) is 0 Å². The molecule has 0 radical (unpaired) electrons. The van der Waals surface area contributed by atoms with Gasteiger partial charge >= 0.3 is 0 Å². The van der Waals surface area contributed by atoms with Crippen molar-refractivity contribution in [2.24, 2.45) is 5.73 Å². The Kier molecular flexibility index (Phi) is 4.23. The van der Waals surface area contributed by atoms with Gasteiger partial charge in [0, 0.05) is 12.7 Å². The first-order valence-electron chi connectivity index (χ1n) is 2.94. The van der Waals surface area contributed by atoms with E-state index in [1.807, 2.05) is 25.3 Å². The summed E-state index contributed by atoms with van der Waals surface area (Å²) in [6.45, 7) is 2.54. The maximum Gasteiger partial charge on any atom is 0.0539 e. The highest BCUT2D eigenvalue weighted by Gasteiger charge is 1.86. The molecule has 1 heterocycles. The minimum absolute atomic E-state index is 0. The Labute approximate surface area is 71.2 Å². The molecule has 0 saturated heterocycles. The number of rotatable bonds is 1. The first-order chi connectivity index (χ1) is 4.33. The van der Waals surface area contributed by atoms with Crippen LogP contribution >= 0.6 is 17.0 Å². The number of pyridine rings is 1. The maximum absolute atomic E-state index is 5.34. The van der Waals surface area contributed by atoms with Crippen LogP contribution in [0.25, 0.3) is 0 Å². The highest BCUT2D eigenvalue weighted by Crippen LogP contribution is 1.95. The molecule has 0 fully saturated rings. The normalized spacial score (nSPS) is 8.60. The van der Waals surface area contributed by atoms with Crippen molar-refractivity contribution in [2.45, 2.75) is 13.5 Å². The van der Waals surface area contributed by atoms with Crippen LogP contribution < -0.4 is 5.73 Å². The van der Waals surface area contributed by atoms with Gasteiger partial charge in [-0.2, -0.15) is 0 Å². The van der Waals surface area contributed by atoms with Crippen LogP contribution in [0.4, 0.5) is 0 Å². The lowest BCUT2D eigenvalue weighted by molar-refractivity contribution is 0.984. The molecule has 2 N–H and O–H groups in total. The van der Waals surface area contributed by atoms with E-state index in [0.29, 0.717) is 6.54 Å². The Bertz CT molecular complexity index is 183. The van der Waals surface area contributed by atoms with E-state index in [0.717, 1.165) is 5.69 Å². The molecular weight excluding hydrogens is 192 g/mol. The molecule has 0 unspecified atom stereocenters. The maximum atomic E-state index is 5.34. The van der Waals surface area contributed by atoms with E-state index >= 15 is 0 Å². The second kappa shape index (κ2) is 4.41. The molecule has 0 spiro atoms. The molecule has 1 aromatic heterocycles. The molecule has 1 aromatic rings. The van der Waals surface area contributed by atoms with Crippen LogP contribution in [0.2, 0.25) is 0 Å². The molecule has 56 valence electrons. The zero-order chi connectivity index (χ0) is 6.69. The third kappa shape index (κ3) is 2.45. The zero-order valence-electron chi connectivity index (χ0n) is 5.87. The van der Waals surface area contributed by atoms with Gasteiger partial charge in [0.05, 0.1) is 5.69 Å². The highest BCUT2D eigenvalue weighted by atomic mass is 79.9. The van der Waals surface area contributed by atoms with Gasteiger partial charge in [0.2, 0.25) is 0 Å². The summed E-state index contributed by atoms with van der Waals surface area (Å²) in [6, 6.07) is 3.95. The fourth-order valence-corrected chi connectivity index (χ4v) is 0.619. The fourth-order valence-electron chi connectivity index (χ4n) is 0.619. The Balaban J connectivity index is 0.000000810. The van der Waals surface area contributed by atoms with E-state index in [1.54, 1.807) is 0 Å². The number of hydrogen-bond acceptors (Lipinski definition) is 2. The minimum atomic E-state index is 0. The number of aromatic nitrogens is 1. The van der Waals surface area contributed by atoms with Crippen LogP contribution in [0.3, 0.4) is 0 Å². The summed E-state index contributed by atoms with van der Waals surface area (Å²) in [5.41, 5.74) is 7.46. The standard InChI is InChI=1S/C7H10N2.BrH/c1-6-2-3-7(4-8)9-5-6;/h2-3,5H,4,8H2,1H3;1H. The quantitative estimate of drug-likeness (QED) is 0.749. The summed E-state index contributed by atoms with van der Waals surface area (Å²) in [5.74, 6) is 0. The molecule has 2 nitrogen and oxygen atoms in total. The van der Waals surface area contributed by atoms with E-state index < -0.39 is 0 Å². The van der Waals surface area contributed by atoms with E-state index in [4.69, 9.17) is 5.73 Å². The molecule has 0 aliphatic heterocycles. The average molecular weight is 203 g/mol. The van der Waals surface area contributed by atoms with Crippen LogP contribution in [0.5, 0.6) is 0 Å². The summed E-state index contributed by atoms with van der Waals surface area (Å²) in [6.07, 6.45) is 1.82. The van der Waals surface area contributed by atoms with Crippen molar-refractivity contribution in [1.82, 2.24) is 4.98 Å². The van der Waals surface area contributed by atoms with Gasteiger partial charge < -0.3 is 5.73 Å². The van der Waals surface area contributed by atoms with Gasteiger partial charge in [-0.1, -0.05) is 6.07 Å². The highest BCUT2D eigenvalue weighted by molar-refractivity contribution is 8.93. The summed E-state index contributed by atoms with van der Waals surface area (Å²) in [7, 11) is 0. The van der Waals surface area contributed by atoms with Gasteiger partial charge in [-0.15, -0.1) is 17.0 Å². The summed E-state index contributed by atoms with van der Waals surface area (Å²) >= 11 is 0. The SMILES string of the molecule is Br.Cc1ccc(CN)nc1. The summed E-state index contributed by atoms with van der Waals surface area (Å²) in [4.78, 5) is 4.07. The van der Waals surface area contributed by atoms with Crippen molar-refractivity contribution in [1.29, 1.82) is 0 Å². The van der Waals surface area contributed by atoms with Crippen LogP contribution in [0, 0.1) is 6.92 Å². The van der Waals surface area contributed by atoms with Gasteiger partial charge in [0.25, 0.3) is 0 Å². The van der Waals surface area contributed by atoms with Crippen molar-refractivity contribution >= 4 is 17.0 Å². The predicted octanol–water partition coefficient (Wildman–Crippen LogP) is 1.43. The smallest absolute Gasteiger partial charge is 0.0539 e. The van der Waals surface area contributed by atoms with Gasteiger partial charge in [-0.3, -0.25) is 4.98 Å². The van der Waals surface area contributed by atoms with Gasteiger partial charge in [-0.25, -0.2) is 0 Å². The summed E-state index contributed by atoms with van der Waals surface area (Å²) in [5, 5.41) is 0. The number of nitrogens with two attached hydrogens (primary N) is 1. The number of aryl methyl sites for hydroxylation is 1. The fraction of sp³-hybridized carbons (Fsp3) is 0.286. The largest absolute Gasteiger partial charge is 0.325 e. The molecule has 0 bridgehead atoms. The lowest BCUT2D eigenvalue weighted by atomic mass is 10.3. The minimum Gasteiger partial charge on any atom is -0.325 e. The van der Waals surface area contributed by atoms with Crippen molar-refractivity contribution in [2.75, 3.05) is 0 Å². The monoisotopic (exact) mass is 202 g/mol. The summed E-state index contributed by atoms with van der Waals surface area (Å²) < 4.78 is 0. The molecule has 0 amide bonds. The van der Waals surface area contributed by atoms with E-state index in [9.17, 15) is 0 Å². The van der Waals surface area contributed by atoms with E-state index in [2.05, 4.69) is 4.98 Å². The Morgan fingerprint density at radius 3 is 2.60 bits per heavy atom. The Morgan fingerprint density at radius 1 is 1.50 bits per heavy atom. The van der Waals surface area contributed by atoms with Crippen molar-refractivity contribution < 1.29 is 0 Å². The first kappa shape index (κ1) is 9.59. The lowest BCUT2D eigenvalue weighted by Gasteiger charge is -1.93. The van der Waals surface area contributed by atoms with Crippen LogP contribution in [0.15, 0.2) is 18.3 Å². The first-order valence-corrected chi connectivity index (χ1v) is 2.94. The molecule has 1 rings (SSSR count). The van der Waals surface area contributed by atoms with Crippen LogP contribution in [-0.4, -0.2) is 4.98 Å². The van der Waals surface area contributed by atoms with E-state index in [-0.39, 0.29) is 17.0 Å². The molecule has 3 heteroatoms. The second-order valence-corrected chi connectivity index (χ2v) is 2.03. The molecule has 10 heavy (non-hydrogen) atoms. The Morgan fingerprint density at radius 2 is 2.20 bits per heavy atom. The van der Waals surface area contributed by atoms with Gasteiger partial charge in [0.1, 0.15) is 0 Å². The molecule has 0 aliphatic rings. The molecular formula is C7H11BrN2. The predicted molar refractivity (Wildman–Crippen MR) is 47.2 cm³/mol. The van der Waals surface area contributed by atoms with E-state index in [1.165, 1.54) is 5.56 Å². The van der Waals surface area contributed by atoms with Crippen molar-refractivity contribution in [3.8, 4) is 0 Å². The molecule has 0 aromatic carbocycles. The molecule has 0 aliphatic carbocycles. The van der Waals surface area contributed by atoms with Crippen LogP contribution in [0.1, 0.15) is 11.3 Å². The Hall–Kier alpha value is -0.410. The third-order valence-corrected chi connectivity index (χ3v) is 1.18. The van der Waals surface area contributed by atoms with Crippen molar-refractivity contribution in [3.05, 3.63) is 29.6 Å². The van der Waals surface area contributed by atoms with Gasteiger partial charge in [0.15, 0.2) is 0 Å². The van der Waals surface area contributed by atoms with Crippen LogP contribution in [-0.2, 0) is 6.54 Å². The number of hydrogen-bond donors (Lipinski definition) is 1. The topological polar surface area (TPSA) is 38.9 Å². The van der Waals surface area contributed by atoms with Gasteiger partial charge in [-0.05, 0) is 18.6 Å². The second-order valence-electron chi connectivity index (χ2n) is 2.03. The number of nitrogens with zero attached hydrogens (tertiary/aromatic N) is 1. The lowest BCUT2D eigenvalue weighted by Crippen LogP contribution is -1.98.